The van der Waals surface area contributed by atoms with Gasteiger partial charge in [-0.3, -0.25) is 4.79 Å². The van der Waals surface area contributed by atoms with Crippen molar-refractivity contribution in [2.75, 3.05) is 13.7 Å². The Morgan fingerprint density at radius 2 is 2.00 bits per heavy atom. The Hall–Kier alpha value is -1.34. The van der Waals surface area contributed by atoms with Crippen LogP contribution in [0.25, 0.3) is 0 Å². The molecule has 0 bridgehead atoms. The van der Waals surface area contributed by atoms with Crippen LogP contribution >= 0.6 is 0 Å². The fraction of sp³-hybridized carbons (Fsp3) is 0.920. The van der Waals surface area contributed by atoms with Gasteiger partial charge in [-0.15, -0.1) is 10.2 Å². The van der Waals surface area contributed by atoms with Gasteiger partial charge < -0.3 is 9.84 Å². The molecule has 1 N–H and O–H groups in total. The summed E-state index contributed by atoms with van der Waals surface area (Å²) in [5.74, 6) is 1.92. The summed E-state index contributed by atoms with van der Waals surface area (Å²) in [6.07, 6.45) is 7.66. The van der Waals surface area contributed by atoms with Crippen molar-refractivity contribution in [3.8, 4) is 0 Å². The second-order valence-electron chi connectivity index (χ2n) is 11.7. The highest BCUT2D eigenvalue weighted by Crippen LogP contribution is 2.68. The highest BCUT2D eigenvalue weighted by molar-refractivity contribution is 5.81. The Morgan fingerprint density at radius 1 is 1.19 bits per heavy atom. The summed E-state index contributed by atoms with van der Waals surface area (Å²) in [5.41, 5.74) is -1.37. The molecule has 0 spiro atoms. The molecule has 0 saturated heterocycles. The van der Waals surface area contributed by atoms with Crippen molar-refractivity contribution < 1.29 is 17.4 Å². The molecule has 7 nitrogen and oxygen atoms in total. The fourth-order valence-electron chi connectivity index (χ4n) is 8.64. The molecule has 0 aromatic carbocycles. The number of fused-ring (bicyclic) bond motifs is 5. The summed E-state index contributed by atoms with van der Waals surface area (Å²) in [6.45, 7) is 4.43. The van der Waals surface area contributed by atoms with Crippen molar-refractivity contribution in [2.45, 2.75) is 90.7 Å². The normalized spacial score (nSPS) is 47.1. The van der Waals surface area contributed by atoms with Crippen molar-refractivity contribution in [1.82, 2.24) is 20.2 Å². The summed E-state index contributed by atoms with van der Waals surface area (Å²) in [5, 5.41) is 23.0. The van der Waals surface area contributed by atoms with Gasteiger partial charge in [0.2, 0.25) is 0 Å². The molecule has 4 aliphatic carbocycles. The molecule has 8 atom stereocenters. The van der Waals surface area contributed by atoms with Gasteiger partial charge in [-0.25, -0.2) is 0 Å². The molecular formula is C25H40N4O3. The van der Waals surface area contributed by atoms with Gasteiger partial charge in [0, 0.05) is 13.0 Å². The van der Waals surface area contributed by atoms with Crippen molar-refractivity contribution in [3.63, 3.8) is 0 Å². The van der Waals surface area contributed by atoms with E-state index in [0.29, 0.717) is 36.9 Å². The number of tetrazole rings is 1. The summed E-state index contributed by atoms with van der Waals surface area (Å²) >= 11 is 0. The van der Waals surface area contributed by atoms with Crippen LogP contribution in [0.15, 0.2) is 0 Å². The maximum Gasteiger partial charge on any atom is 0.171 e. The van der Waals surface area contributed by atoms with E-state index in [1.54, 1.807) is 6.92 Å². The number of aliphatic hydroxyl groups is 1. The highest BCUT2D eigenvalue weighted by atomic mass is 16.5. The molecule has 0 radical (unpaired) electrons. The molecule has 1 aromatic heterocycles. The number of aromatic nitrogens is 4. The zero-order valence-electron chi connectivity index (χ0n) is 22.0. The minimum atomic E-state index is -1.73. The lowest BCUT2D eigenvalue weighted by Crippen LogP contribution is -2.58. The number of carbonyl (C=O) groups excluding carboxylic acids is 1. The number of aryl methyl sites for hydroxylation is 1. The number of rotatable bonds is 5. The molecule has 5 rings (SSSR count). The Bertz CT molecular complexity index is 952. The third-order valence-corrected chi connectivity index (χ3v) is 9.97. The van der Waals surface area contributed by atoms with E-state index in [0.717, 1.165) is 38.5 Å². The molecule has 4 aliphatic rings. The Kier molecular flexibility index (Phi) is 4.93. The quantitative estimate of drug-likeness (QED) is 0.743. The minimum absolute atomic E-state index is 0.00953. The average Bonchev–Trinajstić information content (AvgIpc) is 3.34. The van der Waals surface area contributed by atoms with Crippen LogP contribution in [0.2, 0.25) is 0 Å². The second kappa shape index (κ2) is 7.86. The van der Waals surface area contributed by atoms with Crippen LogP contribution in [-0.2, 0) is 16.1 Å². The first-order valence-corrected chi connectivity index (χ1v) is 12.5. The van der Waals surface area contributed by atoms with E-state index in [2.05, 4.69) is 22.3 Å². The van der Waals surface area contributed by atoms with E-state index in [1.165, 1.54) is 11.9 Å². The first kappa shape index (κ1) is 20.1. The Balaban J connectivity index is 1.43. The third kappa shape index (κ3) is 3.46. The van der Waals surface area contributed by atoms with Gasteiger partial charge in [0.05, 0.1) is 14.9 Å². The summed E-state index contributed by atoms with van der Waals surface area (Å²) < 4.78 is 23.6. The molecule has 4 saturated carbocycles. The van der Waals surface area contributed by atoms with E-state index >= 15 is 0 Å². The highest BCUT2D eigenvalue weighted by Gasteiger charge is 2.63. The zero-order chi connectivity index (χ0) is 24.5. The van der Waals surface area contributed by atoms with Gasteiger partial charge in [-0.1, -0.05) is 6.92 Å². The predicted molar refractivity (Wildman–Crippen MR) is 120 cm³/mol. The van der Waals surface area contributed by atoms with E-state index in [9.17, 15) is 9.90 Å². The van der Waals surface area contributed by atoms with E-state index in [1.807, 2.05) is 6.92 Å². The van der Waals surface area contributed by atoms with Crippen LogP contribution < -0.4 is 0 Å². The van der Waals surface area contributed by atoms with Gasteiger partial charge in [-0.2, -0.15) is 4.80 Å². The van der Waals surface area contributed by atoms with Crippen molar-refractivity contribution in [2.24, 2.45) is 40.4 Å². The van der Waals surface area contributed by atoms with Crippen LogP contribution in [-0.4, -0.2) is 50.4 Å². The maximum atomic E-state index is 13.4. The lowest BCUT2D eigenvalue weighted by Gasteiger charge is -2.62. The molecule has 4 fully saturated rings. The van der Waals surface area contributed by atoms with Crippen LogP contribution in [0.1, 0.15) is 80.2 Å². The van der Waals surface area contributed by atoms with Crippen molar-refractivity contribution >= 4 is 5.78 Å². The number of methoxy groups -OCH3 is 1. The second-order valence-corrected chi connectivity index (χ2v) is 11.7. The number of nitrogens with zero attached hydrogens (tertiary/aromatic N) is 4. The molecule has 32 heavy (non-hydrogen) atoms. The monoisotopic (exact) mass is 446 g/mol. The summed E-state index contributed by atoms with van der Waals surface area (Å²) in [7, 11) is 1.50. The molecule has 178 valence electrons. The molecular weight excluding hydrogens is 404 g/mol. The largest absolute Gasteiger partial charge is 0.390 e. The van der Waals surface area contributed by atoms with Crippen LogP contribution in [0.3, 0.4) is 0 Å². The van der Waals surface area contributed by atoms with Crippen LogP contribution in [0.5, 0.6) is 0 Å². The lowest BCUT2D eigenvalue weighted by molar-refractivity contribution is -0.175. The summed E-state index contributed by atoms with van der Waals surface area (Å²) in [6, 6.07) is 0. The van der Waals surface area contributed by atoms with Gasteiger partial charge >= 0.3 is 0 Å². The molecule has 7 heteroatoms. The number of hydrogen-bond acceptors (Lipinski definition) is 6. The zero-order valence-corrected chi connectivity index (χ0v) is 20.0. The van der Waals surface area contributed by atoms with E-state index < -0.39 is 17.6 Å². The maximum absolute atomic E-state index is 13.4. The number of ether oxygens (including phenoxy) is 1. The van der Waals surface area contributed by atoms with Gasteiger partial charge in [0.15, 0.2) is 11.6 Å². The molecule has 1 heterocycles. The molecule has 0 aliphatic heterocycles. The Morgan fingerprint density at radius 3 is 2.72 bits per heavy atom. The number of Topliss-reactive ketones (excluding diaryl/α,β-unsaturated/α-hetero) is 1. The SMILES string of the molecule is [2H]C([2H])(OC)[C@]12CC[C@@](C)(O)C[C@H]1CC[C@H]1[C@@H]3CC[C@H](C(=O)Cn4nnc(C)n4)[C@@]3(C)CC[C@@H]12. The molecule has 0 unspecified atom stereocenters. The third-order valence-electron chi connectivity index (χ3n) is 9.97. The van der Waals surface area contributed by atoms with Gasteiger partial charge in [0.1, 0.15) is 6.54 Å². The molecule has 1 aromatic rings. The lowest BCUT2D eigenvalue weighted by atomic mass is 9.43. The van der Waals surface area contributed by atoms with Gasteiger partial charge in [0.25, 0.3) is 0 Å². The fourth-order valence-corrected chi connectivity index (χ4v) is 8.64. The van der Waals surface area contributed by atoms with Gasteiger partial charge in [-0.05, 0) is 111 Å². The summed E-state index contributed by atoms with van der Waals surface area (Å²) in [4.78, 5) is 14.8. The average molecular weight is 447 g/mol. The first-order valence-electron chi connectivity index (χ1n) is 13.5. The first-order chi connectivity index (χ1) is 15.9. The van der Waals surface area contributed by atoms with Crippen molar-refractivity contribution in [3.05, 3.63) is 5.82 Å². The molecule has 0 amide bonds. The van der Waals surface area contributed by atoms with Crippen molar-refractivity contribution in [1.29, 1.82) is 0 Å². The van der Waals surface area contributed by atoms with Crippen LogP contribution in [0, 0.1) is 47.3 Å². The number of carbonyl (C=O) groups is 1. The minimum Gasteiger partial charge on any atom is -0.390 e. The van der Waals surface area contributed by atoms with E-state index in [-0.39, 0.29) is 35.5 Å². The number of ketones is 1. The van der Waals surface area contributed by atoms with Crippen LogP contribution in [0.4, 0.5) is 0 Å². The predicted octanol–water partition coefficient (Wildman–Crippen LogP) is 3.59. The Labute approximate surface area is 194 Å². The smallest absolute Gasteiger partial charge is 0.171 e. The topological polar surface area (TPSA) is 90.1 Å². The standard InChI is InChI=1S/C25H40N4O3/c1-16-26-28-29(27-16)14-22(30)21-8-7-19-18-6-5-17-13-23(2,31)11-12-25(17,15-32-4)20(18)9-10-24(19,21)3/h17-21,31H,5-15H2,1-4H3/t17-,18+,19+,20+,21-,23-,24+,25-/m1/s1/i15D2. The van der Waals surface area contributed by atoms with E-state index in [4.69, 9.17) is 7.48 Å². The number of hydrogen-bond donors (Lipinski definition) is 1.